The predicted octanol–water partition coefficient (Wildman–Crippen LogP) is 2.86. The van der Waals surface area contributed by atoms with Crippen LogP contribution in [0.3, 0.4) is 0 Å². The molecule has 1 aromatic carbocycles. The zero-order chi connectivity index (χ0) is 21.1. The number of hydrogen-bond donors (Lipinski definition) is 0. The first-order valence-corrected chi connectivity index (χ1v) is 9.84. The zero-order valence-corrected chi connectivity index (χ0v) is 16.3. The number of carbonyl (C=O) groups excluding carboxylic acids is 1. The van der Waals surface area contributed by atoms with E-state index in [1.165, 1.54) is 11.1 Å². The molecule has 9 heteroatoms. The minimum absolute atomic E-state index is 0.0398. The van der Waals surface area contributed by atoms with Gasteiger partial charge in [-0.1, -0.05) is 30.3 Å². The number of hydrogen-bond acceptors (Lipinski definition) is 5. The van der Waals surface area contributed by atoms with Crippen LogP contribution in [-0.4, -0.2) is 65.8 Å². The topological polar surface area (TPSA) is 52.0 Å². The van der Waals surface area contributed by atoms with Gasteiger partial charge in [0.05, 0.1) is 24.4 Å². The second kappa shape index (κ2) is 8.43. The van der Waals surface area contributed by atoms with E-state index in [4.69, 9.17) is 0 Å². The summed E-state index contributed by atoms with van der Waals surface area (Å²) in [4.78, 5) is 20.5. The van der Waals surface area contributed by atoms with E-state index in [0.29, 0.717) is 38.5 Å². The van der Waals surface area contributed by atoms with Crippen molar-refractivity contribution < 1.29 is 18.0 Å². The van der Waals surface area contributed by atoms with Gasteiger partial charge in [0.25, 0.3) is 5.91 Å². The molecule has 1 saturated heterocycles. The van der Waals surface area contributed by atoms with Gasteiger partial charge in [-0.15, -0.1) is 0 Å². The van der Waals surface area contributed by atoms with Crippen LogP contribution in [0.4, 0.5) is 19.0 Å². The fourth-order valence-electron chi connectivity index (χ4n) is 3.62. The largest absolute Gasteiger partial charge is 0.417 e. The Labute approximate surface area is 172 Å². The van der Waals surface area contributed by atoms with Crippen LogP contribution in [0.2, 0.25) is 0 Å². The van der Waals surface area contributed by atoms with Crippen LogP contribution >= 0.6 is 0 Å². The summed E-state index contributed by atoms with van der Waals surface area (Å²) in [5.41, 5.74) is 1.20. The molecule has 4 rings (SSSR count). The van der Waals surface area contributed by atoms with Gasteiger partial charge in [0.1, 0.15) is 5.82 Å². The van der Waals surface area contributed by atoms with Crippen LogP contribution in [0, 0.1) is 0 Å². The maximum atomic E-state index is 12.7. The summed E-state index contributed by atoms with van der Waals surface area (Å²) in [5, 5.41) is 6.01. The van der Waals surface area contributed by atoms with Crippen molar-refractivity contribution in [2.75, 3.05) is 44.2 Å². The number of nitrogens with zero attached hydrogens (tertiary/aromatic N) is 5. The fourth-order valence-corrected chi connectivity index (χ4v) is 3.62. The van der Waals surface area contributed by atoms with Gasteiger partial charge in [0.2, 0.25) is 0 Å². The minimum Gasteiger partial charge on any atom is -0.354 e. The number of anilines is 1. The molecule has 0 spiro atoms. The van der Waals surface area contributed by atoms with Gasteiger partial charge in [0, 0.05) is 38.8 Å². The average molecular weight is 417 g/mol. The number of amides is 1. The third-order valence-electron chi connectivity index (χ3n) is 5.33. The molecule has 2 aliphatic heterocycles. The SMILES string of the molecule is O=C(CN1CCN(c2ccc(C(F)(F)F)cn2)CC1)N1CCC(c2ccccc2)=N1. The van der Waals surface area contributed by atoms with E-state index in [9.17, 15) is 18.0 Å². The van der Waals surface area contributed by atoms with Crippen LogP contribution in [0.5, 0.6) is 0 Å². The van der Waals surface area contributed by atoms with E-state index < -0.39 is 11.7 Å². The van der Waals surface area contributed by atoms with E-state index in [2.05, 4.69) is 10.1 Å². The Balaban J connectivity index is 1.29. The van der Waals surface area contributed by atoms with Crippen LogP contribution in [0.1, 0.15) is 17.5 Å². The Morgan fingerprint density at radius 2 is 1.70 bits per heavy atom. The molecule has 0 bridgehead atoms. The van der Waals surface area contributed by atoms with E-state index >= 15 is 0 Å². The van der Waals surface area contributed by atoms with E-state index in [1.807, 2.05) is 40.1 Å². The first-order chi connectivity index (χ1) is 14.4. The summed E-state index contributed by atoms with van der Waals surface area (Å²) in [6, 6.07) is 12.3. The first kappa shape index (κ1) is 20.3. The summed E-state index contributed by atoms with van der Waals surface area (Å²) in [6.45, 7) is 3.34. The van der Waals surface area contributed by atoms with Gasteiger partial charge in [0.15, 0.2) is 0 Å². The third kappa shape index (κ3) is 4.62. The van der Waals surface area contributed by atoms with Crippen LogP contribution in [0.15, 0.2) is 53.8 Å². The molecule has 0 N–H and O–H groups in total. The first-order valence-electron chi connectivity index (χ1n) is 9.84. The van der Waals surface area contributed by atoms with Crippen molar-refractivity contribution in [2.24, 2.45) is 5.10 Å². The van der Waals surface area contributed by atoms with Gasteiger partial charge in [-0.2, -0.15) is 18.3 Å². The number of benzene rings is 1. The van der Waals surface area contributed by atoms with Gasteiger partial charge in [-0.05, 0) is 17.7 Å². The molecule has 0 aliphatic carbocycles. The Bertz CT molecular complexity index is 906. The molecule has 0 saturated carbocycles. The standard InChI is InChI=1S/C21H22F3N5O/c22-21(23,24)17-6-7-19(25-14-17)28-12-10-27(11-13-28)15-20(30)29-9-8-18(26-29)16-4-2-1-3-5-16/h1-7,14H,8-13,15H2. The second-order valence-electron chi connectivity index (χ2n) is 7.35. The number of alkyl halides is 3. The van der Waals surface area contributed by atoms with Gasteiger partial charge in [-0.25, -0.2) is 9.99 Å². The highest BCUT2D eigenvalue weighted by Crippen LogP contribution is 2.29. The smallest absolute Gasteiger partial charge is 0.354 e. The predicted molar refractivity (Wildman–Crippen MR) is 107 cm³/mol. The molecule has 0 unspecified atom stereocenters. The molecule has 0 radical (unpaired) electrons. The Hall–Kier alpha value is -2.94. The van der Waals surface area contributed by atoms with Crippen molar-refractivity contribution in [1.82, 2.24) is 14.9 Å². The summed E-state index contributed by atoms with van der Waals surface area (Å²) >= 11 is 0. The summed E-state index contributed by atoms with van der Waals surface area (Å²) < 4.78 is 38.0. The number of rotatable bonds is 4. The lowest BCUT2D eigenvalue weighted by molar-refractivity contribution is -0.137. The highest BCUT2D eigenvalue weighted by Gasteiger charge is 2.31. The molecule has 1 aromatic heterocycles. The maximum absolute atomic E-state index is 12.7. The lowest BCUT2D eigenvalue weighted by Gasteiger charge is -2.35. The van der Waals surface area contributed by atoms with E-state index in [-0.39, 0.29) is 12.5 Å². The number of carbonyl (C=O) groups is 1. The van der Waals surface area contributed by atoms with Crippen molar-refractivity contribution >= 4 is 17.4 Å². The highest BCUT2D eigenvalue weighted by molar-refractivity contribution is 6.02. The van der Waals surface area contributed by atoms with Crippen LogP contribution < -0.4 is 4.90 Å². The normalized spacial score (nSPS) is 17.9. The molecule has 30 heavy (non-hydrogen) atoms. The van der Waals surface area contributed by atoms with Crippen molar-refractivity contribution in [3.63, 3.8) is 0 Å². The van der Waals surface area contributed by atoms with Crippen molar-refractivity contribution in [1.29, 1.82) is 0 Å². The molecule has 3 heterocycles. The van der Waals surface area contributed by atoms with E-state index in [0.717, 1.165) is 30.0 Å². The van der Waals surface area contributed by atoms with Gasteiger partial charge in [-0.3, -0.25) is 9.69 Å². The Kier molecular flexibility index (Phi) is 5.72. The molecule has 1 amide bonds. The Morgan fingerprint density at radius 3 is 2.33 bits per heavy atom. The van der Waals surface area contributed by atoms with Crippen molar-refractivity contribution in [3.05, 3.63) is 59.8 Å². The van der Waals surface area contributed by atoms with Gasteiger partial charge >= 0.3 is 6.18 Å². The van der Waals surface area contributed by atoms with Crippen LogP contribution in [-0.2, 0) is 11.0 Å². The summed E-state index contributed by atoms with van der Waals surface area (Å²) in [6.07, 6.45) is -2.78. The average Bonchev–Trinajstić information content (AvgIpc) is 3.25. The van der Waals surface area contributed by atoms with Crippen molar-refractivity contribution in [2.45, 2.75) is 12.6 Å². The molecule has 0 atom stereocenters. The number of hydrazone groups is 1. The number of aromatic nitrogens is 1. The number of piperazine rings is 1. The quantitative estimate of drug-likeness (QED) is 0.768. The molecule has 158 valence electrons. The fraction of sp³-hybridized carbons (Fsp3) is 0.381. The molecular weight excluding hydrogens is 395 g/mol. The number of pyridine rings is 1. The molecule has 6 nitrogen and oxygen atoms in total. The van der Waals surface area contributed by atoms with Gasteiger partial charge < -0.3 is 4.90 Å². The molecule has 2 aromatic rings. The third-order valence-corrected chi connectivity index (χ3v) is 5.33. The summed E-state index contributed by atoms with van der Waals surface area (Å²) in [5.74, 6) is 0.479. The lowest BCUT2D eigenvalue weighted by atomic mass is 10.1. The molecule has 2 aliphatic rings. The number of halogens is 3. The minimum atomic E-state index is -4.39. The lowest BCUT2D eigenvalue weighted by Crippen LogP contribution is -2.49. The highest BCUT2D eigenvalue weighted by atomic mass is 19.4. The monoisotopic (exact) mass is 417 g/mol. The molecular formula is C21H22F3N5O. The van der Waals surface area contributed by atoms with Crippen LogP contribution in [0.25, 0.3) is 0 Å². The van der Waals surface area contributed by atoms with Crippen molar-refractivity contribution in [3.8, 4) is 0 Å². The second-order valence-corrected chi connectivity index (χ2v) is 7.35. The maximum Gasteiger partial charge on any atom is 0.417 e. The van der Waals surface area contributed by atoms with E-state index in [1.54, 1.807) is 0 Å². The molecule has 1 fully saturated rings. The Morgan fingerprint density at radius 1 is 0.967 bits per heavy atom. The zero-order valence-electron chi connectivity index (χ0n) is 16.3. The summed E-state index contributed by atoms with van der Waals surface area (Å²) in [7, 11) is 0.